The third kappa shape index (κ3) is 3.83. The molecule has 0 spiro atoms. The van der Waals surface area contributed by atoms with Gasteiger partial charge in [-0.25, -0.2) is 8.42 Å². The maximum atomic E-state index is 12.7. The van der Waals surface area contributed by atoms with Crippen molar-refractivity contribution in [1.82, 2.24) is 14.5 Å². The van der Waals surface area contributed by atoms with Crippen LogP contribution in [0, 0.1) is 0 Å². The van der Waals surface area contributed by atoms with Crippen molar-refractivity contribution < 1.29 is 8.42 Å². The molecule has 1 fully saturated rings. The summed E-state index contributed by atoms with van der Waals surface area (Å²) < 4.78 is 26.9. The maximum Gasteiger partial charge on any atom is 0.243 e. The number of nitrogens with one attached hydrogen (secondary N) is 1. The lowest BCUT2D eigenvalue weighted by atomic mass is 10.2. The summed E-state index contributed by atoms with van der Waals surface area (Å²) in [4.78, 5) is 2.57. The Bertz CT molecular complexity index is 557. The van der Waals surface area contributed by atoms with Crippen LogP contribution in [-0.4, -0.2) is 56.9 Å². The van der Waals surface area contributed by atoms with Gasteiger partial charge in [0.05, 0.1) is 4.90 Å². The molecule has 0 aliphatic carbocycles. The zero-order valence-corrected chi connectivity index (χ0v) is 13.9. The van der Waals surface area contributed by atoms with E-state index in [0.717, 1.165) is 25.2 Å². The van der Waals surface area contributed by atoms with E-state index < -0.39 is 10.0 Å². The number of benzene rings is 1. The molecule has 0 radical (unpaired) electrons. The third-order valence-electron chi connectivity index (χ3n) is 4.06. The molecule has 0 saturated carbocycles. The molecule has 21 heavy (non-hydrogen) atoms. The smallest absolute Gasteiger partial charge is 0.243 e. The van der Waals surface area contributed by atoms with Gasteiger partial charge in [0.15, 0.2) is 0 Å². The van der Waals surface area contributed by atoms with Gasteiger partial charge in [0.25, 0.3) is 0 Å². The Labute approximate surface area is 128 Å². The van der Waals surface area contributed by atoms with Crippen molar-refractivity contribution in [1.29, 1.82) is 0 Å². The van der Waals surface area contributed by atoms with Gasteiger partial charge in [-0.3, -0.25) is 0 Å². The molecule has 0 aromatic heterocycles. The molecular weight excluding hydrogens is 286 g/mol. The van der Waals surface area contributed by atoms with Gasteiger partial charge in [-0.2, -0.15) is 4.31 Å². The number of piperazine rings is 1. The van der Waals surface area contributed by atoms with Crippen LogP contribution in [-0.2, 0) is 16.6 Å². The molecule has 2 rings (SSSR count). The topological polar surface area (TPSA) is 52.7 Å². The van der Waals surface area contributed by atoms with Gasteiger partial charge in [-0.15, -0.1) is 0 Å². The van der Waals surface area contributed by atoms with Gasteiger partial charge >= 0.3 is 0 Å². The summed E-state index contributed by atoms with van der Waals surface area (Å²) >= 11 is 0. The average Bonchev–Trinajstić information content (AvgIpc) is 2.48. The van der Waals surface area contributed by atoms with Gasteiger partial charge in [-0.1, -0.05) is 19.1 Å². The minimum absolute atomic E-state index is 0.251. The fourth-order valence-corrected chi connectivity index (χ4v) is 3.94. The molecule has 118 valence electrons. The Hall–Kier alpha value is -0.950. The van der Waals surface area contributed by atoms with E-state index in [4.69, 9.17) is 0 Å². The molecule has 6 heteroatoms. The summed E-state index contributed by atoms with van der Waals surface area (Å²) in [5.74, 6) is 0. The lowest BCUT2D eigenvalue weighted by Gasteiger charge is -2.36. The number of nitrogens with zero attached hydrogens (tertiary/aromatic N) is 2. The van der Waals surface area contributed by atoms with Crippen molar-refractivity contribution in [2.24, 2.45) is 0 Å². The van der Waals surface area contributed by atoms with E-state index in [-0.39, 0.29) is 6.04 Å². The summed E-state index contributed by atoms with van der Waals surface area (Å²) in [7, 11) is -1.34. The van der Waals surface area contributed by atoms with Crippen LogP contribution in [0.1, 0.15) is 19.4 Å². The van der Waals surface area contributed by atoms with Crippen LogP contribution >= 0.6 is 0 Å². The molecule has 0 bridgehead atoms. The van der Waals surface area contributed by atoms with Gasteiger partial charge in [0.1, 0.15) is 0 Å². The highest BCUT2D eigenvalue weighted by atomic mass is 32.2. The minimum Gasteiger partial charge on any atom is -0.313 e. The first kappa shape index (κ1) is 16.4. The van der Waals surface area contributed by atoms with Crippen LogP contribution in [0.15, 0.2) is 29.2 Å². The molecule has 1 saturated heterocycles. The summed E-state index contributed by atoms with van der Waals surface area (Å²) in [5, 5.41) is 3.23. The van der Waals surface area contributed by atoms with Crippen LogP contribution in [0.3, 0.4) is 0 Å². The lowest BCUT2D eigenvalue weighted by molar-refractivity contribution is 0.159. The average molecular weight is 311 g/mol. The first-order valence-electron chi connectivity index (χ1n) is 7.45. The second-order valence-corrected chi connectivity index (χ2v) is 7.55. The number of hydrogen-bond acceptors (Lipinski definition) is 4. The molecular formula is C15H25N3O2S. The number of rotatable bonds is 5. The maximum absolute atomic E-state index is 12.7. The van der Waals surface area contributed by atoms with Crippen LogP contribution < -0.4 is 5.32 Å². The van der Waals surface area contributed by atoms with Crippen LogP contribution in [0.2, 0.25) is 0 Å². The fourth-order valence-electron chi connectivity index (χ4n) is 2.43. The zero-order valence-electron chi connectivity index (χ0n) is 13.0. The van der Waals surface area contributed by atoms with Gasteiger partial charge in [0, 0.05) is 32.2 Å². The Morgan fingerprint density at radius 3 is 2.48 bits per heavy atom. The van der Waals surface area contributed by atoms with Gasteiger partial charge in [-0.05, 0) is 38.2 Å². The molecule has 0 amide bonds. The molecule has 1 unspecified atom stereocenters. The van der Waals surface area contributed by atoms with E-state index in [1.807, 2.05) is 26.1 Å². The van der Waals surface area contributed by atoms with Crippen molar-refractivity contribution in [3.8, 4) is 0 Å². The highest BCUT2D eigenvalue weighted by Crippen LogP contribution is 2.19. The zero-order chi connectivity index (χ0) is 15.5. The van der Waals surface area contributed by atoms with E-state index >= 15 is 0 Å². The SMILES string of the molecule is CCNCc1ccc(S(=O)(=O)N2CCN(C)C(C)C2)cc1. The summed E-state index contributed by atoms with van der Waals surface area (Å²) in [5.41, 5.74) is 1.10. The standard InChI is InChI=1S/C15H25N3O2S/c1-4-16-11-14-5-7-15(8-6-14)21(19,20)18-10-9-17(3)13(2)12-18/h5-8,13,16H,4,9-12H2,1-3H3. The van der Waals surface area contributed by atoms with Crippen LogP contribution in [0.4, 0.5) is 0 Å². The first-order chi connectivity index (χ1) is 9.95. The molecule has 1 N–H and O–H groups in total. The van der Waals surface area contributed by atoms with Crippen molar-refractivity contribution in [2.75, 3.05) is 33.2 Å². The van der Waals surface area contributed by atoms with Crippen LogP contribution in [0.5, 0.6) is 0 Å². The van der Waals surface area contributed by atoms with Crippen LogP contribution in [0.25, 0.3) is 0 Å². The normalized spacial score (nSPS) is 21.6. The second kappa shape index (κ2) is 6.87. The number of hydrogen-bond donors (Lipinski definition) is 1. The molecule has 1 aromatic rings. The Balaban J connectivity index is 2.12. The number of sulfonamides is 1. The lowest BCUT2D eigenvalue weighted by Crippen LogP contribution is -2.51. The molecule has 1 aliphatic rings. The van der Waals surface area contributed by atoms with Crippen molar-refractivity contribution in [3.63, 3.8) is 0 Å². The third-order valence-corrected chi connectivity index (χ3v) is 5.94. The van der Waals surface area contributed by atoms with E-state index in [1.165, 1.54) is 0 Å². The minimum atomic E-state index is -3.37. The Morgan fingerprint density at radius 2 is 1.90 bits per heavy atom. The summed E-state index contributed by atoms with van der Waals surface area (Å²) in [6.45, 7) is 7.66. The summed E-state index contributed by atoms with van der Waals surface area (Å²) in [6.07, 6.45) is 0. The molecule has 1 aliphatic heterocycles. The van der Waals surface area contributed by atoms with E-state index in [1.54, 1.807) is 16.4 Å². The molecule has 1 atom stereocenters. The quantitative estimate of drug-likeness (QED) is 0.885. The van der Waals surface area contributed by atoms with Gasteiger partial charge in [0.2, 0.25) is 10.0 Å². The van der Waals surface area contributed by atoms with Crippen molar-refractivity contribution in [3.05, 3.63) is 29.8 Å². The predicted octanol–water partition coefficient (Wildman–Crippen LogP) is 1.12. The van der Waals surface area contributed by atoms with E-state index in [0.29, 0.717) is 18.0 Å². The van der Waals surface area contributed by atoms with Crippen molar-refractivity contribution >= 4 is 10.0 Å². The fraction of sp³-hybridized carbons (Fsp3) is 0.600. The van der Waals surface area contributed by atoms with E-state index in [2.05, 4.69) is 17.1 Å². The largest absolute Gasteiger partial charge is 0.313 e. The van der Waals surface area contributed by atoms with Gasteiger partial charge < -0.3 is 10.2 Å². The molecule has 1 aromatic carbocycles. The van der Waals surface area contributed by atoms with E-state index in [9.17, 15) is 8.42 Å². The highest BCUT2D eigenvalue weighted by molar-refractivity contribution is 7.89. The Kier molecular flexibility index (Phi) is 5.37. The number of likely N-dealkylation sites (N-methyl/N-ethyl adjacent to an activating group) is 1. The predicted molar refractivity (Wildman–Crippen MR) is 84.7 cm³/mol. The monoisotopic (exact) mass is 311 g/mol. The molecule has 5 nitrogen and oxygen atoms in total. The summed E-state index contributed by atoms with van der Waals surface area (Å²) in [6, 6.07) is 7.45. The second-order valence-electron chi connectivity index (χ2n) is 5.62. The van der Waals surface area contributed by atoms with Crippen molar-refractivity contribution in [2.45, 2.75) is 31.3 Å². The first-order valence-corrected chi connectivity index (χ1v) is 8.89. The Morgan fingerprint density at radius 1 is 1.24 bits per heavy atom. The highest BCUT2D eigenvalue weighted by Gasteiger charge is 2.30. The molecule has 1 heterocycles.